The van der Waals surface area contributed by atoms with Gasteiger partial charge in [0.15, 0.2) is 0 Å². The molecule has 0 aliphatic rings. The lowest BCUT2D eigenvalue weighted by molar-refractivity contribution is -0.137. The molecule has 0 aliphatic carbocycles. The van der Waals surface area contributed by atoms with Gasteiger partial charge in [-0.3, -0.25) is 4.79 Å². The molecule has 0 radical (unpaired) electrons. The predicted octanol–water partition coefficient (Wildman–Crippen LogP) is 1.89. The number of benzene rings is 1. The Hall–Kier alpha value is -1.84. The maximum atomic E-state index is 11.1. The molecule has 1 amide bonds. The Morgan fingerprint density at radius 3 is 2.56 bits per heavy atom. The van der Waals surface area contributed by atoms with Gasteiger partial charge in [0.1, 0.15) is 0 Å². The van der Waals surface area contributed by atoms with E-state index in [1.807, 2.05) is 30.3 Å². The summed E-state index contributed by atoms with van der Waals surface area (Å²) in [7, 11) is 1.42. The fourth-order valence-electron chi connectivity index (χ4n) is 1.29. The molecular weight excluding hydrogens is 206 g/mol. The van der Waals surface area contributed by atoms with Crippen LogP contribution in [0.25, 0.3) is 0 Å². The predicted molar refractivity (Wildman–Crippen MR) is 59.9 cm³/mol. The number of alkyl carbamates (subject to hydrolysis) is 1. The van der Waals surface area contributed by atoms with Crippen LogP contribution in [0.5, 0.6) is 0 Å². The molecule has 4 heteroatoms. The number of nitrogens with one attached hydrogen (secondary N) is 1. The zero-order valence-corrected chi connectivity index (χ0v) is 9.23. The second-order valence-corrected chi connectivity index (χ2v) is 3.35. The molecule has 0 saturated carbocycles. The minimum Gasteiger partial charge on any atom is -0.376 e. The number of rotatable bonds is 4. The molecule has 1 N–H and O–H groups in total. The van der Waals surface area contributed by atoms with Crippen molar-refractivity contribution in [2.75, 3.05) is 7.05 Å². The number of ether oxygens (including phenoxy) is 1. The van der Waals surface area contributed by atoms with Crippen LogP contribution in [0.15, 0.2) is 30.3 Å². The van der Waals surface area contributed by atoms with E-state index in [-0.39, 0.29) is 6.42 Å². The molecule has 0 bridgehead atoms. The van der Waals surface area contributed by atoms with E-state index in [1.54, 1.807) is 0 Å². The normalized spacial score (nSPS) is 9.56. The highest BCUT2D eigenvalue weighted by Gasteiger charge is 2.07. The summed E-state index contributed by atoms with van der Waals surface area (Å²) in [6.07, 6.45) is 1.04. The lowest BCUT2D eigenvalue weighted by Gasteiger charge is -2.02. The smallest absolute Gasteiger partial charge is 0.376 e. The van der Waals surface area contributed by atoms with Crippen LogP contribution in [-0.2, 0) is 16.0 Å². The standard InChI is InChI=1S/C12H15NO3/c1-13-12(15)16-11(14)9-5-8-10-6-3-2-4-7-10/h2-4,6-7H,5,8-9H2,1H3,(H,13,15). The Bertz CT molecular complexity index is 349. The highest BCUT2D eigenvalue weighted by molar-refractivity contribution is 5.84. The molecule has 0 saturated heterocycles. The summed E-state index contributed by atoms with van der Waals surface area (Å²) < 4.78 is 4.45. The zero-order chi connectivity index (χ0) is 11.8. The van der Waals surface area contributed by atoms with Crippen LogP contribution in [0.1, 0.15) is 18.4 Å². The number of carbonyl (C=O) groups is 2. The summed E-state index contributed by atoms with van der Waals surface area (Å²) in [5, 5.41) is 2.22. The van der Waals surface area contributed by atoms with Gasteiger partial charge < -0.3 is 10.1 Å². The number of carbonyl (C=O) groups excluding carboxylic acids is 2. The van der Waals surface area contributed by atoms with Gasteiger partial charge in [0, 0.05) is 13.5 Å². The van der Waals surface area contributed by atoms with Crippen LogP contribution in [0.3, 0.4) is 0 Å². The maximum absolute atomic E-state index is 11.1. The summed E-state index contributed by atoms with van der Waals surface area (Å²) in [4.78, 5) is 21.8. The van der Waals surface area contributed by atoms with Gasteiger partial charge in [0.05, 0.1) is 0 Å². The van der Waals surface area contributed by atoms with Crippen LogP contribution in [0.4, 0.5) is 4.79 Å². The molecule has 0 spiro atoms. The number of hydrogen-bond acceptors (Lipinski definition) is 3. The van der Waals surface area contributed by atoms with Gasteiger partial charge >= 0.3 is 12.1 Å². The van der Waals surface area contributed by atoms with Crippen molar-refractivity contribution in [2.24, 2.45) is 0 Å². The van der Waals surface area contributed by atoms with Crippen molar-refractivity contribution in [1.82, 2.24) is 5.32 Å². The van der Waals surface area contributed by atoms with Crippen LogP contribution in [-0.4, -0.2) is 19.1 Å². The highest BCUT2D eigenvalue weighted by Crippen LogP contribution is 2.05. The first-order valence-corrected chi connectivity index (χ1v) is 5.18. The van der Waals surface area contributed by atoms with Gasteiger partial charge in [0.25, 0.3) is 0 Å². The first kappa shape index (κ1) is 12.2. The van der Waals surface area contributed by atoms with Crippen LogP contribution >= 0.6 is 0 Å². The fraction of sp³-hybridized carbons (Fsp3) is 0.333. The SMILES string of the molecule is CNC(=O)OC(=O)CCCc1ccccc1. The van der Waals surface area contributed by atoms with Crippen molar-refractivity contribution >= 4 is 12.1 Å². The Balaban J connectivity index is 2.21. The van der Waals surface area contributed by atoms with Crippen LogP contribution < -0.4 is 5.32 Å². The largest absolute Gasteiger partial charge is 0.414 e. The van der Waals surface area contributed by atoms with Crippen LogP contribution in [0.2, 0.25) is 0 Å². The van der Waals surface area contributed by atoms with E-state index >= 15 is 0 Å². The molecule has 0 atom stereocenters. The first-order chi connectivity index (χ1) is 7.72. The number of hydrogen-bond donors (Lipinski definition) is 1. The van der Waals surface area contributed by atoms with Crippen LogP contribution in [0, 0.1) is 0 Å². The average molecular weight is 221 g/mol. The quantitative estimate of drug-likeness (QED) is 0.624. The van der Waals surface area contributed by atoms with E-state index < -0.39 is 12.1 Å². The lowest BCUT2D eigenvalue weighted by Crippen LogP contribution is -2.22. The minimum absolute atomic E-state index is 0.252. The lowest BCUT2D eigenvalue weighted by atomic mass is 10.1. The molecule has 1 rings (SSSR count). The summed E-state index contributed by atoms with van der Waals surface area (Å²) in [5.41, 5.74) is 1.18. The van der Waals surface area contributed by atoms with E-state index in [0.29, 0.717) is 6.42 Å². The van der Waals surface area contributed by atoms with Gasteiger partial charge in [-0.2, -0.15) is 0 Å². The van der Waals surface area contributed by atoms with E-state index in [1.165, 1.54) is 12.6 Å². The third-order valence-electron chi connectivity index (χ3n) is 2.10. The molecule has 1 aromatic carbocycles. The molecular formula is C12H15NO3. The Labute approximate surface area is 94.6 Å². The monoisotopic (exact) mass is 221 g/mol. The highest BCUT2D eigenvalue weighted by atomic mass is 16.6. The van der Waals surface area contributed by atoms with Gasteiger partial charge in [0.2, 0.25) is 0 Å². The van der Waals surface area contributed by atoms with Gasteiger partial charge in [-0.15, -0.1) is 0 Å². The van der Waals surface area contributed by atoms with E-state index in [4.69, 9.17) is 0 Å². The van der Waals surface area contributed by atoms with Gasteiger partial charge in [-0.05, 0) is 18.4 Å². The third kappa shape index (κ3) is 4.59. The topological polar surface area (TPSA) is 55.4 Å². The van der Waals surface area contributed by atoms with E-state index in [9.17, 15) is 9.59 Å². The molecule has 0 aromatic heterocycles. The molecule has 16 heavy (non-hydrogen) atoms. The Kier molecular flexibility index (Phi) is 5.05. The fourth-order valence-corrected chi connectivity index (χ4v) is 1.29. The Morgan fingerprint density at radius 1 is 1.25 bits per heavy atom. The average Bonchev–Trinajstić information content (AvgIpc) is 2.30. The number of aryl methyl sites for hydroxylation is 1. The molecule has 1 aromatic rings. The minimum atomic E-state index is -0.704. The maximum Gasteiger partial charge on any atom is 0.414 e. The van der Waals surface area contributed by atoms with Crippen molar-refractivity contribution < 1.29 is 14.3 Å². The van der Waals surface area contributed by atoms with Gasteiger partial charge in [-0.25, -0.2) is 4.79 Å². The first-order valence-electron chi connectivity index (χ1n) is 5.18. The zero-order valence-electron chi connectivity index (χ0n) is 9.23. The second-order valence-electron chi connectivity index (χ2n) is 3.35. The molecule has 0 unspecified atom stereocenters. The molecule has 0 heterocycles. The van der Waals surface area contributed by atoms with Crippen molar-refractivity contribution in [3.05, 3.63) is 35.9 Å². The molecule has 86 valence electrons. The summed E-state index contributed by atoms with van der Waals surface area (Å²) in [5.74, 6) is -0.490. The summed E-state index contributed by atoms with van der Waals surface area (Å²) in [6, 6.07) is 9.87. The van der Waals surface area contributed by atoms with Gasteiger partial charge in [-0.1, -0.05) is 30.3 Å². The number of amides is 1. The second kappa shape index (κ2) is 6.61. The molecule has 4 nitrogen and oxygen atoms in total. The van der Waals surface area contributed by atoms with Crippen molar-refractivity contribution in [3.8, 4) is 0 Å². The van der Waals surface area contributed by atoms with E-state index in [0.717, 1.165) is 6.42 Å². The van der Waals surface area contributed by atoms with Crippen molar-refractivity contribution in [1.29, 1.82) is 0 Å². The van der Waals surface area contributed by atoms with E-state index in [2.05, 4.69) is 10.1 Å². The molecule has 0 aliphatic heterocycles. The third-order valence-corrected chi connectivity index (χ3v) is 2.10. The molecule has 0 fully saturated rings. The number of esters is 1. The van der Waals surface area contributed by atoms with Crippen molar-refractivity contribution in [2.45, 2.75) is 19.3 Å². The Morgan fingerprint density at radius 2 is 1.94 bits per heavy atom. The summed E-state index contributed by atoms with van der Waals surface area (Å²) in [6.45, 7) is 0. The summed E-state index contributed by atoms with van der Waals surface area (Å²) >= 11 is 0. The van der Waals surface area contributed by atoms with Crippen molar-refractivity contribution in [3.63, 3.8) is 0 Å².